The van der Waals surface area contributed by atoms with Crippen LogP contribution in [0.25, 0.3) is 22.3 Å². The number of halogens is 3. The largest absolute Gasteiger partial charge is 0.478 e. The van der Waals surface area contributed by atoms with Gasteiger partial charge in [0.05, 0.1) is 34.9 Å². The molecule has 6 aromatic rings. The standard InChI is InChI=1S/C38H27F3N4O5/c39-29-14-22(4-5-23-10-12-42-36(46)15-23)6-7-25(29)21-50-37-3-1-2-32(44-37)28-19-30(40)26(16-31(28)41)18-35-43-33-9-8-24(38(47)48)17-34(33)45(35)20-27-11-13-49-27/h1-3,6-10,12,14-17,19,27H,11,13,18,20-21H2,(H,42,46)(H,47,48)/t27-/m0/s1. The van der Waals surface area contributed by atoms with Crippen molar-refractivity contribution >= 4 is 17.0 Å². The molecule has 0 radical (unpaired) electrons. The Morgan fingerprint density at radius 1 is 0.940 bits per heavy atom. The van der Waals surface area contributed by atoms with Crippen LogP contribution in [-0.4, -0.2) is 43.3 Å². The Bertz CT molecular complexity index is 2390. The predicted octanol–water partition coefficient (Wildman–Crippen LogP) is 6.26. The van der Waals surface area contributed by atoms with Gasteiger partial charge in [0.25, 0.3) is 0 Å². The molecule has 50 heavy (non-hydrogen) atoms. The van der Waals surface area contributed by atoms with Crippen molar-refractivity contribution in [3.8, 4) is 29.0 Å². The first kappa shape index (κ1) is 32.4. The van der Waals surface area contributed by atoms with Crippen LogP contribution in [0.5, 0.6) is 5.88 Å². The first-order chi connectivity index (χ1) is 24.2. The van der Waals surface area contributed by atoms with E-state index in [2.05, 4.69) is 26.8 Å². The van der Waals surface area contributed by atoms with Crippen LogP contribution in [-0.2, 0) is 24.3 Å². The number of ether oxygens (including phenoxy) is 2. The normalized spacial score (nSPS) is 13.8. The van der Waals surface area contributed by atoms with E-state index in [-0.39, 0.29) is 58.5 Å². The lowest BCUT2D eigenvalue weighted by molar-refractivity contribution is -0.0589. The third-order valence-corrected chi connectivity index (χ3v) is 8.29. The van der Waals surface area contributed by atoms with Gasteiger partial charge in [-0.25, -0.2) is 27.9 Å². The van der Waals surface area contributed by atoms with E-state index in [1.807, 2.05) is 0 Å². The smallest absolute Gasteiger partial charge is 0.335 e. The Balaban J connectivity index is 1.08. The Morgan fingerprint density at radius 2 is 1.74 bits per heavy atom. The van der Waals surface area contributed by atoms with Crippen LogP contribution in [0.3, 0.4) is 0 Å². The highest BCUT2D eigenvalue weighted by Gasteiger charge is 2.24. The van der Waals surface area contributed by atoms with E-state index >= 15 is 8.78 Å². The first-order valence-electron chi connectivity index (χ1n) is 15.6. The number of hydrogen-bond donors (Lipinski definition) is 2. The maximum atomic E-state index is 15.6. The number of carboxylic acid groups (broad SMARTS) is 1. The Morgan fingerprint density at radius 3 is 2.48 bits per heavy atom. The number of aromatic nitrogens is 4. The van der Waals surface area contributed by atoms with Crippen molar-refractivity contribution in [1.29, 1.82) is 0 Å². The van der Waals surface area contributed by atoms with Gasteiger partial charge in [-0.05, 0) is 66.6 Å². The summed E-state index contributed by atoms with van der Waals surface area (Å²) in [5.41, 5.74) is 2.12. The molecule has 1 aliphatic heterocycles. The fourth-order valence-corrected chi connectivity index (χ4v) is 5.57. The lowest BCUT2D eigenvalue weighted by atomic mass is 10.0. The van der Waals surface area contributed by atoms with Crippen LogP contribution >= 0.6 is 0 Å². The van der Waals surface area contributed by atoms with E-state index < -0.39 is 23.4 Å². The van der Waals surface area contributed by atoms with Crippen LogP contribution in [0.15, 0.2) is 89.9 Å². The molecule has 1 saturated heterocycles. The summed E-state index contributed by atoms with van der Waals surface area (Å²) in [5, 5.41) is 9.49. The molecule has 0 unspecified atom stereocenters. The number of imidazole rings is 1. The van der Waals surface area contributed by atoms with E-state index in [1.54, 1.807) is 28.8 Å². The molecule has 0 bridgehead atoms. The number of H-pyrrole nitrogens is 1. The Kier molecular flexibility index (Phi) is 8.89. The van der Waals surface area contributed by atoms with Crippen LogP contribution in [0.2, 0.25) is 0 Å². The fraction of sp³-hybridized carbons (Fsp3) is 0.158. The highest BCUT2D eigenvalue weighted by atomic mass is 19.1. The van der Waals surface area contributed by atoms with Gasteiger partial charge in [-0.15, -0.1) is 0 Å². The molecule has 2 N–H and O–H groups in total. The van der Waals surface area contributed by atoms with Crippen LogP contribution in [0.1, 0.15) is 44.9 Å². The molecule has 0 aliphatic carbocycles. The quantitative estimate of drug-likeness (QED) is 0.174. The minimum absolute atomic E-state index is 0.0502. The molecule has 7 rings (SSSR count). The number of benzene rings is 3. The molecule has 0 spiro atoms. The summed E-state index contributed by atoms with van der Waals surface area (Å²) in [5.74, 6) is 3.12. The maximum absolute atomic E-state index is 15.6. The summed E-state index contributed by atoms with van der Waals surface area (Å²) < 4.78 is 59.1. The number of hydrogen-bond acceptors (Lipinski definition) is 6. The third kappa shape index (κ3) is 6.99. The number of carboxylic acids is 1. The van der Waals surface area contributed by atoms with E-state index in [9.17, 15) is 19.1 Å². The van der Waals surface area contributed by atoms with Crippen LogP contribution in [0.4, 0.5) is 13.2 Å². The van der Waals surface area contributed by atoms with Gasteiger partial charge in [-0.1, -0.05) is 24.0 Å². The van der Waals surface area contributed by atoms with Crippen molar-refractivity contribution in [2.24, 2.45) is 0 Å². The van der Waals surface area contributed by atoms with Gasteiger partial charge in [-0.2, -0.15) is 0 Å². The summed E-state index contributed by atoms with van der Waals surface area (Å²) in [6.45, 7) is 0.837. The molecule has 3 aromatic heterocycles. The highest BCUT2D eigenvalue weighted by Crippen LogP contribution is 2.29. The summed E-state index contributed by atoms with van der Waals surface area (Å²) in [6.07, 6.45) is 2.16. The Labute approximate surface area is 283 Å². The van der Waals surface area contributed by atoms with Gasteiger partial charge >= 0.3 is 5.97 Å². The number of carbonyl (C=O) groups is 1. The predicted molar refractivity (Wildman–Crippen MR) is 177 cm³/mol. The van der Waals surface area contributed by atoms with Gasteiger partial charge in [0, 0.05) is 53.6 Å². The van der Waals surface area contributed by atoms with E-state index in [0.717, 1.165) is 18.6 Å². The number of nitrogens with one attached hydrogen (secondary N) is 1. The molecule has 9 nitrogen and oxygen atoms in total. The van der Waals surface area contributed by atoms with Crippen molar-refractivity contribution in [3.05, 3.63) is 147 Å². The number of nitrogens with zero attached hydrogens (tertiary/aromatic N) is 3. The molecule has 1 fully saturated rings. The molecule has 12 heteroatoms. The second-order valence-electron chi connectivity index (χ2n) is 11.7. The van der Waals surface area contributed by atoms with Gasteiger partial charge in [0.1, 0.15) is 29.9 Å². The summed E-state index contributed by atoms with van der Waals surface area (Å²) in [4.78, 5) is 34.5. The van der Waals surface area contributed by atoms with E-state index in [4.69, 9.17) is 9.47 Å². The minimum Gasteiger partial charge on any atom is -0.478 e. The highest BCUT2D eigenvalue weighted by molar-refractivity contribution is 5.92. The SMILES string of the molecule is O=C(O)c1ccc2nc(Cc3cc(F)c(-c4cccc(OCc5ccc(C#Cc6cc[nH]c(=O)c6)cc5F)n4)cc3F)n(C[C@@H]3CCO3)c2c1. The molecule has 0 amide bonds. The average Bonchev–Trinajstić information content (AvgIpc) is 3.42. The average molecular weight is 677 g/mol. The second kappa shape index (κ2) is 13.7. The van der Waals surface area contributed by atoms with Gasteiger partial charge in [0.2, 0.25) is 11.4 Å². The monoisotopic (exact) mass is 676 g/mol. The summed E-state index contributed by atoms with van der Waals surface area (Å²) in [7, 11) is 0. The van der Waals surface area contributed by atoms with Crippen molar-refractivity contribution < 1.29 is 32.5 Å². The van der Waals surface area contributed by atoms with Gasteiger partial charge in [0.15, 0.2) is 0 Å². The molecular formula is C38H27F3N4O5. The van der Waals surface area contributed by atoms with Crippen molar-refractivity contribution in [1.82, 2.24) is 19.5 Å². The van der Waals surface area contributed by atoms with Crippen molar-refractivity contribution in [2.75, 3.05) is 6.61 Å². The van der Waals surface area contributed by atoms with Crippen LogP contribution in [0, 0.1) is 29.3 Å². The summed E-state index contributed by atoms with van der Waals surface area (Å²) in [6, 6.07) is 18.7. The number of pyridine rings is 2. The molecule has 1 atom stereocenters. The molecule has 250 valence electrons. The molecule has 3 aromatic carbocycles. The fourth-order valence-electron chi connectivity index (χ4n) is 5.57. The molecule has 4 heterocycles. The van der Waals surface area contributed by atoms with Gasteiger partial charge in [-0.3, -0.25) is 4.79 Å². The number of aromatic amines is 1. The molecule has 0 saturated carbocycles. The second-order valence-corrected chi connectivity index (χ2v) is 11.7. The summed E-state index contributed by atoms with van der Waals surface area (Å²) >= 11 is 0. The zero-order valence-corrected chi connectivity index (χ0v) is 26.3. The van der Waals surface area contributed by atoms with Gasteiger partial charge < -0.3 is 24.1 Å². The van der Waals surface area contributed by atoms with Crippen molar-refractivity contribution in [2.45, 2.75) is 32.1 Å². The molecular weight excluding hydrogens is 649 g/mol. The zero-order chi connectivity index (χ0) is 34.8. The maximum Gasteiger partial charge on any atom is 0.335 e. The van der Waals surface area contributed by atoms with Crippen molar-refractivity contribution in [3.63, 3.8) is 0 Å². The number of rotatable bonds is 9. The first-order valence-corrected chi connectivity index (χ1v) is 15.6. The lowest BCUT2D eigenvalue weighted by Gasteiger charge is -2.27. The lowest BCUT2D eigenvalue weighted by Crippen LogP contribution is -2.31. The third-order valence-electron chi connectivity index (χ3n) is 8.29. The van der Waals surface area contributed by atoms with Crippen LogP contribution < -0.4 is 10.3 Å². The number of fused-ring (bicyclic) bond motifs is 1. The molecule has 1 aliphatic rings. The zero-order valence-electron chi connectivity index (χ0n) is 26.3. The Hall–Kier alpha value is -6.19. The minimum atomic E-state index is -1.08. The van der Waals surface area contributed by atoms with E-state index in [0.29, 0.717) is 41.1 Å². The van der Waals surface area contributed by atoms with E-state index in [1.165, 1.54) is 48.7 Å². The topological polar surface area (TPSA) is 119 Å². The number of aromatic carboxylic acids is 1.